The maximum atomic E-state index is 12.6. The van der Waals surface area contributed by atoms with Crippen LogP contribution in [0.3, 0.4) is 0 Å². The molecule has 0 aliphatic rings. The van der Waals surface area contributed by atoms with Crippen molar-refractivity contribution in [2.75, 3.05) is 5.32 Å². The number of amides is 1. The van der Waals surface area contributed by atoms with Crippen LogP contribution < -0.4 is 5.32 Å². The predicted octanol–water partition coefficient (Wildman–Crippen LogP) is 5.98. The fourth-order valence-electron chi connectivity index (χ4n) is 3.57. The van der Waals surface area contributed by atoms with E-state index < -0.39 is 0 Å². The van der Waals surface area contributed by atoms with E-state index in [9.17, 15) is 4.79 Å². The summed E-state index contributed by atoms with van der Waals surface area (Å²) in [6.07, 6.45) is 3.89. The molecule has 30 heavy (non-hydrogen) atoms. The minimum atomic E-state index is -0.00793. The van der Waals surface area contributed by atoms with Gasteiger partial charge in [-0.3, -0.25) is 9.78 Å². The van der Waals surface area contributed by atoms with Crippen molar-refractivity contribution >= 4 is 22.9 Å². The van der Waals surface area contributed by atoms with Gasteiger partial charge in [0, 0.05) is 34.6 Å². The van der Waals surface area contributed by atoms with Crippen molar-refractivity contribution in [1.29, 1.82) is 0 Å². The Labute approximate surface area is 180 Å². The van der Waals surface area contributed by atoms with Crippen LogP contribution in [0.4, 0.5) is 5.69 Å². The molecular weight excluding hydrogens is 390 g/mol. The molecule has 0 fully saturated rings. The standard InChI is InChI=1S/C25H23N3OS/c1-16-12-17(2)24(18(3)13-16)28-23(29)14-19-4-6-20(7-5-19)22-15-30-25(27-22)21-8-10-26-11-9-21/h4-13,15H,14H2,1-3H3,(H,28,29). The number of carbonyl (C=O) groups excluding carboxylic acids is 1. The summed E-state index contributed by atoms with van der Waals surface area (Å²) in [5, 5.41) is 6.10. The molecule has 1 N–H and O–H groups in total. The SMILES string of the molecule is Cc1cc(C)c(NC(=O)Cc2ccc(-c3csc(-c4ccncc4)n3)cc2)c(C)c1. The van der Waals surface area contributed by atoms with Crippen LogP contribution in [0.15, 0.2) is 66.3 Å². The number of aryl methyl sites for hydroxylation is 3. The summed E-state index contributed by atoms with van der Waals surface area (Å²) in [6, 6.07) is 16.1. The molecule has 0 saturated heterocycles. The summed E-state index contributed by atoms with van der Waals surface area (Å²) < 4.78 is 0. The summed E-state index contributed by atoms with van der Waals surface area (Å²) in [6.45, 7) is 6.12. The van der Waals surface area contributed by atoms with E-state index in [1.165, 1.54) is 5.56 Å². The largest absolute Gasteiger partial charge is 0.325 e. The average molecular weight is 414 g/mol. The molecule has 0 bridgehead atoms. The molecule has 0 aliphatic carbocycles. The van der Waals surface area contributed by atoms with E-state index in [4.69, 9.17) is 4.98 Å². The first-order valence-electron chi connectivity index (χ1n) is 9.82. The second kappa shape index (κ2) is 8.59. The van der Waals surface area contributed by atoms with Gasteiger partial charge in [0.15, 0.2) is 0 Å². The van der Waals surface area contributed by atoms with E-state index in [1.807, 2.05) is 50.2 Å². The van der Waals surface area contributed by atoms with Crippen molar-refractivity contribution < 1.29 is 4.79 Å². The second-order valence-electron chi connectivity index (χ2n) is 7.47. The Kier molecular flexibility index (Phi) is 5.72. The minimum Gasteiger partial charge on any atom is -0.325 e. The van der Waals surface area contributed by atoms with Crippen LogP contribution in [-0.2, 0) is 11.2 Å². The number of thiazole rings is 1. The number of anilines is 1. The van der Waals surface area contributed by atoms with Crippen LogP contribution >= 0.6 is 11.3 Å². The highest BCUT2D eigenvalue weighted by molar-refractivity contribution is 7.13. The summed E-state index contributed by atoms with van der Waals surface area (Å²) in [5.41, 5.74) is 8.31. The van der Waals surface area contributed by atoms with Crippen molar-refractivity contribution in [3.63, 3.8) is 0 Å². The van der Waals surface area contributed by atoms with Crippen molar-refractivity contribution in [3.8, 4) is 21.8 Å². The van der Waals surface area contributed by atoms with Crippen LogP contribution in [0.5, 0.6) is 0 Å². The molecule has 2 aromatic carbocycles. The van der Waals surface area contributed by atoms with Gasteiger partial charge in [-0.2, -0.15) is 0 Å². The fraction of sp³-hybridized carbons (Fsp3) is 0.160. The monoisotopic (exact) mass is 413 g/mol. The van der Waals surface area contributed by atoms with Gasteiger partial charge < -0.3 is 5.32 Å². The maximum Gasteiger partial charge on any atom is 0.228 e. The molecule has 0 radical (unpaired) electrons. The van der Waals surface area contributed by atoms with E-state index in [-0.39, 0.29) is 5.91 Å². The lowest BCUT2D eigenvalue weighted by Crippen LogP contribution is -2.16. The van der Waals surface area contributed by atoms with Gasteiger partial charge in [-0.15, -0.1) is 11.3 Å². The van der Waals surface area contributed by atoms with Gasteiger partial charge in [-0.1, -0.05) is 42.0 Å². The molecule has 0 saturated carbocycles. The van der Waals surface area contributed by atoms with Gasteiger partial charge in [0.2, 0.25) is 5.91 Å². The molecule has 0 aliphatic heterocycles. The van der Waals surface area contributed by atoms with Crippen LogP contribution in [0, 0.1) is 20.8 Å². The molecule has 2 aromatic heterocycles. The smallest absolute Gasteiger partial charge is 0.228 e. The molecule has 4 rings (SSSR count). The van der Waals surface area contributed by atoms with E-state index >= 15 is 0 Å². The fourth-order valence-corrected chi connectivity index (χ4v) is 4.41. The van der Waals surface area contributed by atoms with Crippen LogP contribution in [0.1, 0.15) is 22.3 Å². The second-order valence-corrected chi connectivity index (χ2v) is 8.33. The van der Waals surface area contributed by atoms with Gasteiger partial charge in [0.25, 0.3) is 0 Å². The maximum absolute atomic E-state index is 12.6. The zero-order valence-corrected chi connectivity index (χ0v) is 18.1. The van der Waals surface area contributed by atoms with Crippen molar-refractivity contribution in [3.05, 3.63) is 88.6 Å². The number of hydrogen-bond donors (Lipinski definition) is 1. The predicted molar refractivity (Wildman–Crippen MR) is 124 cm³/mol. The number of hydrogen-bond acceptors (Lipinski definition) is 4. The topological polar surface area (TPSA) is 54.9 Å². The molecule has 4 nitrogen and oxygen atoms in total. The molecule has 0 atom stereocenters. The zero-order chi connectivity index (χ0) is 21.1. The third-order valence-corrected chi connectivity index (χ3v) is 5.88. The number of nitrogens with zero attached hydrogens (tertiary/aromatic N) is 2. The van der Waals surface area contributed by atoms with Gasteiger partial charge >= 0.3 is 0 Å². The Morgan fingerprint density at radius 3 is 2.27 bits per heavy atom. The van der Waals surface area contributed by atoms with Crippen molar-refractivity contribution in [2.24, 2.45) is 0 Å². The Hall–Kier alpha value is -3.31. The lowest BCUT2D eigenvalue weighted by Gasteiger charge is -2.13. The van der Waals surface area contributed by atoms with Crippen LogP contribution in [0.25, 0.3) is 21.8 Å². The number of pyridine rings is 1. The Morgan fingerprint density at radius 1 is 0.933 bits per heavy atom. The summed E-state index contributed by atoms with van der Waals surface area (Å²) in [5.74, 6) is -0.00793. The molecule has 0 unspecified atom stereocenters. The summed E-state index contributed by atoms with van der Waals surface area (Å²) in [4.78, 5) is 21.3. The van der Waals surface area contributed by atoms with Crippen molar-refractivity contribution in [2.45, 2.75) is 27.2 Å². The van der Waals surface area contributed by atoms with Crippen LogP contribution in [-0.4, -0.2) is 15.9 Å². The van der Waals surface area contributed by atoms with Gasteiger partial charge in [-0.25, -0.2) is 4.98 Å². The third-order valence-electron chi connectivity index (χ3n) is 4.99. The Balaban J connectivity index is 1.44. The molecule has 2 heterocycles. The number of nitrogens with one attached hydrogen (secondary N) is 1. The number of benzene rings is 2. The normalized spacial score (nSPS) is 10.8. The third kappa shape index (κ3) is 4.47. The van der Waals surface area contributed by atoms with E-state index in [1.54, 1.807) is 23.7 Å². The van der Waals surface area contributed by atoms with E-state index in [2.05, 4.69) is 34.7 Å². The number of rotatable bonds is 5. The van der Waals surface area contributed by atoms with E-state index in [0.717, 1.165) is 44.2 Å². The van der Waals surface area contributed by atoms with Gasteiger partial charge in [0.05, 0.1) is 12.1 Å². The zero-order valence-electron chi connectivity index (χ0n) is 17.3. The Morgan fingerprint density at radius 2 is 1.60 bits per heavy atom. The van der Waals surface area contributed by atoms with Gasteiger partial charge in [-0.05, 0) is 49.6 Å². The first-order chi connectivity index (χ1) is 14.5. The van der Waals surface area contributed by atoms with Crippen LogP contribution in [0.2, 0.25) is 0 Å². The molecule has 5 heteroatoms. The quantitative estimate of drug-likeness (QED) is 0.438. The molecular formula is C25H23N3OS. The average Bonchev–Trinajstić information content (AvgIpc) is 3.22. The molecule has 4 aromatic rings. The van der Waals surface area contributed by atoms with Gasteiger partial charge in [0.1, 0.15) is 5.01 Å². The molecule has 1 amide bonds. The highest BCUT2D eigenvalue weighted by Gasteiger charge is 2.10. The minimum absolute atomic E-state index is 0.00793. The van der Waals surface area contributed by atoms with E-state index in [0.29, 0.717) is 6.42 Å². The molecule has 150 valence electrons. The molecule has 0 spiro atoms. The lowest BCUT2D eigenvalue weighted by molar-refractivity contribution is -0.115. The Bertz CT molecular complexity index is 1160. The number of carbonyl (C=O) groups is 1. The first kappa shape index (κ1) is 20.0. The lowest BCUT2D eigenvalue weighted by atomic mass is 10.0. The number of aromatic nitrogens is 2. The van der Waals surface area contributed by atoms with Crippen molar-refractivity contribution in [1.82, 2.24) is 9.97 Å². The highest BCUT2D eigenvalue weighted by Crippen LogP contribution is 2.29. The summed E-state index contributed by atoms with van der Waals surface area (Å²) >= 11 is 1.61. The summed E-state index contributed by atoms with van der Waals surface area (Å²) in [7, 11) is 0. The first-order valence-corrected chi connectivity index (χ1v) is 10.7. The highest BCUT2D eigenvalue weighted by atomic mass is 32.1.